The van der Waals surface area contributed by atoms with Crippen molar-refractivity contribution in [3.8, 4) is 0 Å². The fourth-order valence-corrected chi connectivity index (χ4v) is 1.83. The first kappa shape index (κ1) is 13.8. The molecule has 0 fully saturated rings. The highest BCUT2D eigenvalue weighted by Gasteiger charge is 2.21. The predicted molar refractivity (Wildman–Crippen MR) is 76.8 cm³/mol. The number of halogens is 2. The molecule has 0 radical (unpaired) electrons. The molecule has 0 spiro atoms. The van der Waals surface area contributed by atoms with Crippen molar-refractivity contribution < 1.29 is 9.53 Å². The predicted octanol–water partition coefficient (Wildman–Crippen LogP) is 4.34. The zero-order valence-electron chi connectivity index (χ0n) is 9.33. The lowest BCUT2D eigenvalue weighted by Gasteiger charge is -2.23. The zero-order valence-corrected chi connectivity index (χ0v) is 13.1. The molecule has 0 saturated heterocycles. The van der Waals surface area contributed by atoms with Crippen molar-refractivity contribution in [2.24, 2.45) is 0 Å². The van der Waals surface area contributed by atoms with E-state index < -0.39 is 11.7 Å². The van der Waals surface area contributed by atoms with Gasteiger partial charge in [-0.1, -0.05) is 6.07 Å². The van der Waals surface area contributed by atoms with Crippen LogP contribution in [0.4, 0.5) is 10.5 Å². The Balaban J connectivity index is 2.78. The summed E-state index contributed by atoms with van der Waals surface area (Å²) in [6.45, 7) is 5.50. The van der Waals surface area contributed by atoms with Crippen molar-refractivity contribution >= 4 is 50.5 Å². The average Bonchev–Trinajstić information content (AvgIpc) is 2.14. The maximum absolute atomic E-state index is 11.7. The van der Waals surface area contributed by atoms with Crippen LogP contribution in [0.3, 0.4) is 0 Å². The Kier molecular flexibility index (Phi) is 4.61. The van der Waals surface area contributed by atoms with Gasteiger partial charge in [0.1, 0.15) is 5.60 Å². The molecule has 16 heavy (non-hydrogen) atoms. The van der Waals surface area contributed by atoms with E-state index in [4.69, 9.17) is 4.74 Å². The maximum atomic E-state index is 11.7. The molecular formula is C11H13BrINO2. The third kappa shape index (κ3) is 4.29. The van der Waals surface area contributed by atoms with Crippen LogP contribution in [0.15, 0.2) is 24.3 Å². The van der Waals surface area contributed by atoms with Crippen molar-refractivity contribution in [2.45, 2.75) is 26.4 Å². The van der Waals surface area contributed by atoms with Crippen LogP contribution in [0, 0.1) is 3.57 Å². The van der Waals surface area contributed by atoms with Crippen molar-refractivity contribution in [2.75, 3.05) is 3.93 Å². The van der Waals surface area contributed by atoms with Crippen molar-refractivity contribution in [3.63, 3.8) is 0 Å². The number of nitrogens with zero attached hydrogens (tertiary/aromatic N) is 1. The zero-order chi connectivity index (χ0) is 12.3. The van der Waals surface area contributed by atoms with Gasteiger partial charge in [0.25, 0.3) is 0 Å². The Morgan fingerprint density at radius 2 is 2.06 bits per heavy atom. The van der Waals surface area contributed by atoms with Crippen LogP contribution >= 0.6 is 38.7 Å². The van der Waals surface area contributed by atoms with E-state index in [0.717, 1.165) is 9.26 Å². The molecule has 88 valence electrons. The van der Waals surface area contributed by atoms with Gasteiger partial charge in [-0.25, -0.2) is 8.72 Å². The summed E-state index contributed by atoms with van der Waals surface area (Å²) in [4.78, 5) is 11.7. The van der Waals surface area contributed by atoms with E-state index in [1.165, 1.54) is 3.93 Å². The molecule has 0 aliphatic carbocycles. The SMILES string of the molecule is CC(C)(C)OC(=O)N(Br)c1cccc(I)c1. The first-order valence-corrected chi connectivity index (χ1v) is 6.53. The minimum Gasteiger partial charge on any atom is -0.443 e. The van der Waals surface area contributed by atoms with Gasteiger partial charge >= 0.3 is 6.09 Å². The molecule has 0 bridgehead atoms. The number of carbonyl (C=O) groups is 1. The van der Waals surface area contributed by atoms with E-state index in [0.29, 0.717) is 0 Å². The summed E-state index contributed by atoms with van der Waals surface area (Å²) in [5, 5.41) is 0. The molecular weight excluding hydrogens is 385 g/mol. The topological polar surface area (TPSA) is 29.5 Å². The minimum atomic E-state index is -0.495. The first-order valence-electron chi connectivity index (χ1n) is 4.74. The summed E-state index contributed by atoms with van der Waals surface area (Å²) in [5.41, 5.74) is 0.256. The lowest BCUT2D eigenvalue weighted by molar-refractivity contribution is 0.0614. The van der Waals surface area contributed by atoms with Gasteiger partial charge in [-0.3, -0.25) is 0 Å². The minimum absolute atomic E-state index is 0.422. The fraction of sp³-hybridized carbons (Fsp3) is 0.364. The van der Waals surface area contributed by atoms with Gasteiger partial charge in [-0.15, -0.1) is 0 Å². The number of rotatable bonds is 1. The lowest BCUT2D eigenvalue weighted by Crippen LogP contribution is -2.30. The summed E-state index contributed by atoms with van der Waals surface area (Å²) in [6, 6.07) is 7.57. The lowest BCUT2D eigenvalue weighted by atomic mass is 10.2. The molecule has 5 heteroatoms. The molecule has 1 amide bonds. The molecule has 0 N–H and O–H groups in total. The normalized spacial score (nSPS) is 11.1. The molecule has 1 aromatic carbocycles. The molecule has 1 aromatic rings. The molecule has 0 unspecified atom stereocenters. The summed E-state index contributed by atoms with van der Waals surface area (Å²) >= 11 is 5.38. The third-order valence-electron chi connectivity index (χ3n) is 1.59. The monoisotopic (exact) mass is 397 g/mol. The largest absolute Gasteiger partial charge is 0.443 e. The second kappa shape index (κ2) is 5.35. The van der Waals surface area contributed by atoms with Gasteiger partial charge in [0, 0.05) is 3.57 Å². The van der Waals surface area contributed by atoms with Gasteiger partial charge in [0.2, 0.25) is 0 Å². The summed E-state index contributed by atoms with van der Waals surface area (Å²) in [5.74, 6) is 0. The molecule has 0 heterocycles. The third-order valence-corrected chi connectivity index (χ3v) is 2.96. The number of benzene rings is 1. The smallest absolute Gasteiger partial charge is 0.425 e. The standard InChI is InChI=1S/C11H13BrINO2/c1-11(2,3)16-10(15)14(12)9-6-4-5-8(13)7-9/h4-7H,1-3H3. The van der Waals surface area contributed by atoms with Crippen LogP contribution in [-0.4, -0.2) is 11.7 Å². The second-order valence-electron chi connectivity index (χ2n) is 4.24. The fourth-order valence-electron chi connectivity index (χ4n) is 1.01. The second-order valence-corrected chi connectivity index (χ2v) is 6.20. The summed E-state index contributed by atoms with van der Waals surface area (Å²) in [7, 11) is 0. The van der Waals surface area contributed by atoms with Crippen LogP contribution in [0.2, 0.25) is 0 Å². The highest BCUT2D eigenvalue weighted by molar-refractivity contribution is 14.1. The highest BCUT2D eigenvalue weighted by atomic mass is 127. The van der Waals surface area contributed by atoms with Crippen LogP contribution < -0.4 is 3.93 Å². The maximum Gasteiger partial charge on any atom is 0.425 e. The van der Waals surface area contributed by atoms with Gasteiger partial charge in [-0.2, -0.15) is 0 Å². The number of anilines is 1. The summed E-state index contributed by atoms with van der Waals surface area (Å²) < 4.78 is 7.61. The van der Waals surface area contributed by atoms with Gasteiger partial charge in [-0.05, 0) is 61.6 Å². The van der Waals surface area contributed by atoms with Gasteiger partial charge in [0.15, 0.2) is 0 Å². The van der Waals surface area contributed by atoms with E-state index in [1.54, 1.807) is 0 Å². The van der Waals surface area contributed by atoms with Crippen molar-refractivity contribution in [3.05, 3.63) is 27.8 Å². The van der Waals surface area contributed by atoms with E-state index in [-0.39, 0.29) is 0 Å². The number of carbonyl (C=O) groups excluding carboxylic acids is 1. The first-order chi connectivity index (χ1) is 7.29. The Bertz CT molecular complexity index is 390. The molecule has 0 atom stereocenters. The number of ether oxygens (including phenoxy) is 1. The molecule has 1 rings (SSSR count). The molecule has 0 saturated carbocycles. The van der Waals surface area contributed by atoms with Crippen LogP contribution in [0.5, 0.6) is 0 Å². The quantitative estimate of drug-likeness (QED) is 0.521. The van der Waals surface area contributed by atoms with Crippen LogP contribution in [-0.2, 0) is 4.74 Å². The molecule has 0 aromatic heterocycles. The van der Waals surface area contributed by atoms with Crippen molar-refractivity contribution in [1.82, 2.24) is 0 Å². The summed E-state index contributed by atoms with van der Waals surface area (Å²) in [6.07, 6.45) is -0.422. The van der Waals surface area contributed by atoms with E-state index in [9.17, 15) is 4.79 Å². The molecule has 0 aliphatic rings. The molecule has 3 nitrogen and oxygen atoms in total. The average molecular weight is 398 g/mol. The number of hydrogen-bond acceptors (Lipinski definition) is 2. The van der Waals surface area contributed by atoms with E-state index >= 15 is 0 Å². The van der Waals surface area contributed by atoms with E-state index in [1.807, 2.05) is 45.0 Å². The van der Waals surface area contributed by atoms with Crippen molar-refractivity contribution in [1.29, 1.82) is 0 Å². The van der Waals surface area contributed by atoms with Crippen LogP contribution in [0.1, 0.15) is 20.8 Å². The van der Waals surface area contributed by atoms with Gasteiger partial charge < -0.3 is 4.74 Å². The Hall–Kier alpha value is -0.300. The Morgan fingerprint density at radius 3 is 2.56 bits per heavy atom. The van der Waals surface area contributed by atoms with Gasteiger partial charge in [0.05, 0.1) is 21.8 Å². The number of amides is 1. The Labute approximate surface area is 118 Å². The van der Waals surface area contributed by atoms with E-state index in [2.05, 4.69) is 38.7 Å². The number of hydrogen-bond donors (Lipinski definition) is 0. The Morgan fingerprint density at radius 1 is 1.44 bits per heavy atom. The van der Waals surface area contributed by atoms with Crippen LogP contribution in [0.25, 0.3) is 0 Å². The highest BCUT2D eigenvalue weighted by Crippen LogP contribution is 2.23. The molecule has 0 aliphatic heterocycles.